The van der Waals surface area contributed by atoms with Gasteiger partial charge >= 0.3 is 0 Å². The Morgan fingerprint density at radius 3 is 2.65 bits per heavy atom. The fraction of sp³-hybridized carbons (Fsp3) is 0.533. The van der Waals surface area contributed by atoms with Crippen molar-refractivity contribution in [2.24, 2.45) is 0 Å². The maximum Gasteiger partial charge on any atom is 0.254 e. The Bertz CT molecular complexity index is 704. The summed E-state index contributed by atoms with van der Waals surface area (Å²) in [6, 6.07) is 2.75. The van der Waals surface area contributed by atoms with Gasteiger partial charge in [-0.05, 0) is 25.5 Å². The second-order valence-electron chi connectivity index (χ2n) is 5.40. The molecule has 128 valence electrons. The summed E-state index contributed by atoms with van der Waals surface area (Å²) in [6.45, 7) is 2.24. The highest BCUT2D eigenvalue weighted by atomic mass is 35.5. The molecule has 0 aromatic heterocycles. The third-order valence-corrected chi connectivity index (χ3v) is 5.87. The van der Waals surface area contributed by atoms with E-state index in [1.165, 1.54) is 18.1 Å². The number of nitrogens with zero attached hydrogens (tertiary/aromatic N) is 1. The second-order valence-corrected chi connectivity index (χ2v) is 8.03. The summed E-state index contributed by atoms with van der Waals surface area (Å²) in [5.74, 6) is 0.574. The maximum absolute atomic E-state index is 12.6. The van der Waals surface area contributed by atoms with Crippen molar-refractivity contribution in [1.82, 2.24) is 4.90 Å². The molecule has 2 rings (SSSR count). The van der Waals surface area contributed by atoms with E-state index in [1.54, 1.807) is 13.1 Å². The number of rotatable bonds is 5. The predicted molar refractivity (Wildman–Crippen MR) is 88.3 cm³/mol. The largest absolute Gasteiger partial charge is 0.493 e. The number of hydrogen-bond acceptors (Lipinski definition) is 5. The zero-order chi connectivity index (χ0) is 17.2. The molecule has 1 aliphatic rings. The van der Waals surface area contributed by atoms with Crippen LogP contribution in [-0.2, 0) is 9.84 Å². The third-order valence-electron chi connectivity index (χ3n) is 3.84. The molecular weight excluding hydrogens is 342 g/mol. The van der Waals surface area contributed by atoms with E-state index in [1.807, 2.05) is 6.92 Å². The van der Waals surface area contributed by atoms with Crippen LogP contribution in [0.3, 0.4) is 0 Å². The highest BCUT2D eigenvalue weighted by Crippen LogP contribution is 2.37. The zero-order valence-electron chi connectivity index (χ0n) is 13.3. The van der Waals surface area contributed by atoms with Crippen LogP contribution in [0.4, 0.5) is 0 Å². The van der Waals surface area contributed by atoms with E-state index in [2.05, 4.69) is 0 Å². The summed E-state index contributed by atoms with van der Waals surface area (Å²) < 4.78 is 33.8. The summed E-state index contributed by atoms with van der Waals surface area (Å²) in [7, 11) is 0.0139. The van der Waals surface area contributed by atoms with Gasteiger partial charge in [0.1, 0.15) is 0 Å². The van der Waals surface area contributed by atoms with Crippen LogP contribution in [0.15, 0.2) is 12.1 Å². The van der Waals surface area contributed by atoms with E-state index in [4.69, 9.17) is 21.1 Å². The van der Waals surface area contributed by atoms with Crippen molar-refractivity contribution in [3.63, 3.8) is 0 Å². The molecule has 0 bridgehead atoms. The van der Waals surface area contributed by atoms with Gasteiger partial charge in [0, 0.05) is 18.7 Å². The number of carbonyl (C=O) groups is 1. The van der Waals surface area contributed by atoms with E-state index < -0.39 is 9.84 Å². The van der Waals surface area contributed by atoms with Crippen molar-refractivity contribution < 1.29 is 22.7 Å². The molecule has 6 nitrogen and oxygen atoms in total. The summed E-state index contributed by atoms with van der Waals surface area (Å²) in [5.41, 5.74) is 0.335. The number of halogens is 1. The van der Waals surface area contributed by atoms with Crippen molar-refractivity contribution >= 4 is 27.3 Å². The molecule has 1 atom stereocenters. The maximum atomic E-state index is 12.6. The molecule has 23 heavy (non-hydrogen) atoms. The summed E-state index contributed by atoms with van der Waals surface area (Å²) in [6.07, 6.45) is 0.451. The lowest BCUT2D eigenvalue weighted by Gasteiger charge is -2.24. The van der Waals surface area contributed by atoms with Crippen LogP contribution in [0, 0.1) is 0 Å². The molecule has 0 unspecified atom stereocenters. The normalized spacial score (nSPS) is 19.4. The molecular formula is C15H20ClNO5S. The Kier molecular flexibility index (Phi) is 5.41. The van der Waals surface area contributed by atoms with Gasteiger partial charge in [0.05, 0.1) is 30.2 Å². The molecule has 1 amide bonds. The van der Waals surface area contributed by atoms with Crippen molar-refractivity contribution in [1.29, 1.82) is 0 Å². The van der Waals surface area contributed by atoms with E-state index in [-0.39, 0.29) is 28.5 Å². The van der Waals surface area contributed by atoms with Crippen molar-refractivity contribution in [2.45, 2.75) is 19.4 Å². The number of sulfone groups is 1. The predicted octanol–water partition coefficient (Wildman–Crippen LogP) is 2.01. The highest BCUT2D eigenvalue weighted by Gasteiger charge is 2.33. The molecule has 1 aromatic rings. The second kappa shape index (κ2) is 6.97. The number of benzene rings is 1. The van der Waals surface area contributed by atoms with Gasteiger partial charge < -0.3 is 14.4 Å². The van der Waals surface area contributed by atoms with Gasteiger partial charge in [-0.2, -0.15) is 0 Å². The van der Waals surface area contributed by atoms with E-state index in [9.17, 15) is 13.2 Å². The first-order valence-corrected chi connectivity index (χ1v) is 9.47. The molecule has 0 saturated carbocycles. The number of methoxy groups -OCH3 is 1. The lowest BCUT2D eigenvalue weighted by Crippen LogP contribution is -2.37. The first-order valence-electron chi connectivity index (χ1n) is 7.27. The van der Waals surface area contributed by atoms with Gasteiger partial charge in [0.15, 0.2) is 21.3 Å². The Hall–Kier alpha value is -1.47. The Morgan fingerprint density at radius 2 is 2.13 bits per heavy atom. The molecule has 1 fully saturated rings. The zero-order valence-corrected chi connectivity index (χ0v) is 14.9. The summed E-state index contributed by atoms with van der Waals surface area (Å²) in [4.78, 5) is 14.1. The highest BCUT2D eigenvalue weighted by molar-refractivity contribution is 7.91. The first-order chi connectivity index (χ1) is 10.8. The Labute approximate surface area is 141 Å². The number of amides is 1. The lowest BCUT2D eigenvalue weighted by atomic mass is 10.1. The molecule has 8 heteroatoms. The monoisotopic (exact) mass is 361 g/mol. The van der Waals surface area contributed by atoms with Crippen molar-refractivity contribution in [2.75, 3.05) is 32.3 Å². The molecule has 0 radical (unpaired) electrons. The fourth-order valence-corrected chi connectivity index (χ4v) is 4.62. The van der Waals surface area contributed by atoms with E-state index in [0.29, 0.717) is 30.1 Å². The Morgan fingerprint density at radius 1 is 1.43 bits per heavy atom. The topological polar surface area (TPSA) is 72.9 Å². The molecule has 1 aliphatic heterocycles. The van der Waals surface area contributed by atoms with Crippen LogP contribution in [0.2, 0.25) is 5.02 Å². The molecule has 1 aromatic carbocycles. The van der Waals surface area contributed by atoms with Gasteiger partial charge in [0.2, 0.25) is 0 Å². The minimum absolute atomic E-state index is 0.00284. The minimum atomic E-state index is -3.06. The van der Waals surface area contributed by atoms with E-state index in [0.717, 1.165) is 0 Å². The number of hydrogen-bond donors (Lipinski definition) is 0. The van der Waals surface area contributed by atoms with Gasteiger partial charge in [-0.25, -0.2) is 8.42 Å². The fourth-order valence-electron chi connectivity index (χ4n) is 2.58. The van der Waals surface area contributed by atoms with Crippen LogP contribution in [0.5, 0.6) is 11.5 Å². The van der Waals surface area contributed by atoms with Crippen molar-refractivity contribution in [3.8, 4) is 11.5 Å². The van der Waals surface area contributed by atoms with Crippen molar-refractivity contribution in [3.05, 3.63) is 22.7 Å². The molecule has 0 N–H and O–H groups in total. The summed E-state index contributed by atoms with van der Waals surface area (Å²) in [5, 5.41) is 0.280. The van der Waals surface area contributed by atoms with Gasteiger partial charge in [0.25, 0.3) is 5.91 Å². The summed E-state index contributed by atoms with van der Waals surface area (Å²) >= 11 is 6.17. The SMILES string of the molecule is CCOc1c(Cl)cc(C(=O)N(C)[C@@H]2CCS(=O)(=O)C2)cc1OC. The van der Waals surface area contributed by atoms with Gasteiger partial charge in [-0.15, -0.1) is 0 Å². The first kappa shape index (κ1) is 17.9. The average Bonchev–Trinajstić information content (AvgIpc) is 2.87. The average molecular weight is 362 g/mol. The minimum Gasteiger partial charge on any atom is -0.493 e. The third kappa shape index (κ3) is 3.90. The smallest absolute Gasteiger partial charge is 0.254 e. The Balaban J connectivity index is 2.27. The molecule has 1 heterocycles. The molecule has 0 spiro atoms. The van der Waals surface area contributed by atoms with Crippen LogP contribution in [0.25, 0.3) is 0 Å². The molecule has 0 aliphatic carbocycles. The van der Waals surface area contributed by atoms with E-state index >= 15 is 0 Å². The van der Waals surface area contributed by atoms with Crippen LogP contribution >= 0.6 is 11.6 Å². The molecule has 1 saturated heterocycles. The van der Waals surface area contributed by atoms with Crippen LogP contribution in [-0.4, -0.2) is 57.5 Å². The van der Waals surface area contributed by atoms with Crippen LogP contribution < -0.4 is 9.47 Å². The van der Waals surface area contributed by atoms with Gasteiger partial charge in [-0.3, -0.25) is 4.79 Å². The number of ether oxygens (including phenoxy) is 2. The number of carbonyl (C=O) groups excluding carboxylic acids is 1. The van der Waals surface area contributed by atoms with Crippen LogP contribution in [0.1, 0.15) is 23.7 Å². The van der Waals surface area contributed by atoms with Gasteiger partial charge in [-0.1, -0.05) is 11.6 Å². The quantitative estimate of drug-likeness (QED) is 0.802. The standard InChI is InChI=1S/C15H20ClNO5S/c1-4-22-14-12(16)7-10(8-13(14)21-3)15(18)17(2)11-5-6-23(19,20)9-11/h7-8,11H,4-6,9H2,1-3H3/t11-/m1/s1. The lowest BCUT2D eigenvalue weighted by molar-refractivity contribution is 0.0747.